The molecule has 1 rings (SSSR count). The van der Waals surface area contributed by atoms with Gasteiger partial charge in [-0.15, -0.1) is 6.58 Å². The highest BCUT2D eigenvalue weighted by Gasteiger charge is 2.20. The van der Waals surface area contributed by atoms with E-state index in [2.05, 4.69) is 30.0 Å². The van der Waals surface area contributed by atoms with Crippen LogP contribution in [0.15, 0.2) is 24.9 Å². The van der Waals surface area contributed by atoms with Crippen molar-refractivity contribution in [1.82, 2.24) is 15.1 Å². The fourth-order valence-corrected chi connectivity index (χ4v) is 1.58. The highest BCUT2D eigenvalue weighted by Crippen LogP contribution is 2.21. The van der Waals surface area contributed by atoms with Crippen molar-refractivity contribution in [3.63, 3.8) is 0 Å². The highest BCUT2D eigenvalue weighted by atomic mass is 15.2. The van der Waals surface area contributed by atoms with Crippen LogP contribution in [0, 0.1) is 5.41 Å². The second-order valence-corrected chi connectivity index (χ2v) is 4.05. The van der Waals surface area contributed by atoms with Gasteiger partial charge in [-0.1, -0.05) is 13.0 Å². The summed E-state index contributed by atoms with van der Waals surface area (Å²) >= 11 is 0. The molecule has 3 heteroatoms. The molecule has 1 N–H and O–H groups in total. The van der Waals surface area contributed by atoms with Crippen LogP contribution >= 0.6 is 0 Å². The molecule has 0 aliphatic rings. The molecule has 1 heterocycles. The van der Waals surface area contributed by atoms with E-state index in [0.29, 0.717) is 0 Å². The first-order chi connectivity index (χ1) is 6.59. The van der Waals surface area contributed by atoms with Gasteiger partial charge in [0.2, 0.25) is 0 Å². The van der Waals surface area contributed by atoms with E-state index in [4.69, 9.17) is 0 Å². The summed E-state index contributed by atoms with van der Waals surface area (Å²) in [4.78, 5) is 0. The Labute approximate surface area is 85.8 Å². The molecule has 0 aromatic carbocycles. The Hall–Kier alpha value is -1.09. The molecule has 0 amide bonds. The molecular formula is C11H19N3. The van der Waals surface area contributed by atoms with E-state index >= 15 is 0 Å². The zero-order valence-electron chi connectivity index (χ0n) is 9.25. The Bertz CT molecular complexity index is 303. The van der Waals surface area contributed by atoms with Gasteiger partial charge >= 0.3 is 0 Å². The van der Waals surface area contributed by atoms with Gasteiger partial charge < -0.3 is 5.32 Å². The molecule has 0 spiro atoms. The van der Waals surface area contributed by atoms with Crippen LogP contribution in [0.1, 0.15) is 12.6 Å². The second-order valence-electron chi connectivity index (χ2n) is 4.05. The average Bonchev–Trinajstić information content (AvgIpc) is 2.51. The largest absolute Gasteiger partial charge is 0.319 e. The minimum absolute atomic E-state index is 0.0864. The Morgan fingerprint density at radius 2 is 2.43 bits per heavy atom. The lowest BCUT2D eigenvalue weighted by Gasteiger charge is -2.24. The van der Waals surface area contributed by atoms with E-state index in [9.17, 15) is 0 Å². The topological polar surface area (TPSA) is 29.9 Å². The lowest BCUT2D eigenvalue weighted by Crippen LogP contribution is -2.29. The first kappa shape index (κ1) is 11.0. The molecule has 0 bridgehead atoms. The van der Waals surface area contributed by atoms with E-state index in [0.717, 1.165) is 18.7 Å². The maximum Gasteiger partial charge on any atom is 0.0633 e. The summed E-state index contributed by atoms with van der Waals surface area (Å²) in [6.45, 7) is 6.99. The van der Waals surface area contributed by atoms with Crippen molar-refractivity contribution >= 4 is 0 Å². The first-order valence-corrected chi connectivity index (χ1v) is 4.86. The Morgan fingerprint density at radius 1 is 1.71 bits per heavy atom. The molecule has 1 atom stereocenters. The van der Waals surface area contributed by atoms with Crippen LogP contribution in [0.2, 0.25) is 0 Å². The van der Waals surface area contributed by atoms with Crippen LogP contribution in [-0.2, 0) is 13.5 Å². The Morgan fingerprint density at radius 3 is 2.86 bits per heavy atom. The van der Waals surface area contributed by atoms with Gasteiger partial charge in [0.1, 0.15) is 0 Å². The maximum absolute atomic E-state index is 4.37. The summed E-state index contributed by atoms with van der Waals surface area (Å²) in [5.74, 6) is 0. The van der Waals surface area contributed by atoms with Crippen LogP contribution in [0.5, 0.6) is 0 Å². The zero-order chi connectivity index (χ0) is 10.6. The summed E-state index contributed by atoms with van der Waals surface area (Å²) in [7, 11) is 3.90. The lowest BCUT2D eigenvalue weighted by atomic mass is 9.85. The van der Waals surface area contributed by atoms with Crippen molar-refractivity contribution < 1.29 is 0 Å². The second kappa shape index (κ2) is 4.42. The number of aryl methyl sites for hydroxylation is 1. The standard InChI is InChI=1S/C11H19N3/c1-5-11(2,9-12-3)8-10-6-7-14(4)13-10/h5-7,12H,1,8-9H2,2-4H3. The van der Waals surface area contributed by atoms with Crippen molar-refractivity contribution in [2.24, 2.45) is 12.5 Å². The monoisotopic (exact) mass is 193 g/mol. The van der Waals surface area contributed by atoms with Crippen molar-refractivity contribution in [3.8, 4) is 0 Å². The van der Waals surface area contributed by atoms with E-state index in [1.807, 2.05) is 31.1 Å². The van der Waals surface area contributed by atoms with Crippen LogP contribution in [-0.4, -0.2) is 23.4 Å². The first-order valence-electron chi connectivity index (χ1n) is 4.86. The Kier molecular flexibility index (Phi) is 3.47. The molecule has 1 aromatic heterocycles. The number of aromatic nitrogens is 2. The van der Waals surface area contributed by atoms with Crippen LogP contribution < -0.4 is 5.32 Å². The molecule has 14 heavy (non-hydrogen) atoms. The number of nitrogens with one attached hydrogen (secondary N) is 1. The third-order valence-corrected chi connectivity index (χ3v) is 2.43. The van der Waals surface area contributed by atoms with Gasteiger partial charge in [-0.2, -0.15) is 5.10 Å². The molecule has 0 saturated carbocycles. The molecular weight excluding hydrogens is 174 g/mol. The van der Waals surface area contributed by atoms with Gasteiger partial charge in [-0.25, -0.2) is 0 Å². The van der Waals surface area contributed by atoms with Gasteiger partial charge in [0, 0.05) is 31.6 Å². The number of rotatable bonds is 5. The van der Waals surface area contributed by atoms with Crippen LogP contribution in [0.25, 0.3) is 0 Å². The Balaban J connectivity index is 2.69. The molecule has 0 saturated heterocycles. The average molecular weight is 193 g/mol. The van der Waals surface area contributed by atoms with E-state index in [1.165, 1.54) is 0 Å². The van der Waals surface area contributed by atoms with Gasteiger partial charge in [-0.3, -0.25) is 4.68 Å². The van der Waals surface area contributed by atoms with Crippen molar-refractivity contribution in [3.05, 3.63) is 30.6 Å². The summed E-state index contributed by atoms with van der Waals surface area (Å²) in [6.07, 6.45) is 4.90. The lowest BCUT2D eigenvalue weighted by molar-refractivity contribution is 0.400. The summed E-state index contributed by atoms with van der Waals surface area (Å²) in [5, 5.41) is 7.55. The molecule has 0 fully saturated rings. The minimum Gasteiger partial charge on any atom is -0.319 e. The van der Waals surface area contributed by atoms with Gasteiger partial charge in [-0.05, 0) is 13.1 Å². The van der Waals surface area contributed by atoms with Crippen LogP contribution in [0.4, 0.5) is 0 Å². The number of hydrogen-bond donors (Lipinski definition) is 1. The number of hydrogen-bond acceptors (Lipinski definition) is 2. The molecule has 0 aliphatic heterocycles. The minimum atomic E-state index is 0.0864. The molecule has 0 aliphatic carbocycles. The molecule has 1 aromatic rings. The van der Waals surface area contributed by atoms with Crippen LogP contribution in [0.3, 0.4) is 0 Å². The smallest absolute Gasteiger partial charge is 0.0633 e. The predicted molar refractivity (Wildman–Crippen MR) is 59.1 cm³/mol. The van der Waals surface area contributed by atoms with Gasteiger partial charge in [0.05, 0.1) is 5.69 Å². The summed E-state index contributed by atoms with van der Waals surface area (Å²) in [6, 6.07) is 2.05. The molecule has 78 valence electrons. The van der Waals surface area contributed by atoms with E-state index < -0.39 is 0 Å². The number of nitrogens with zero attached hydrogens (tertiary/aromatic N) is 2. The maximum atomic E-state index is 4.37. The third kappa shape index (κ3) is 2.70. The van der Waals surface area contributed by atoms with Gasteiger partial charge in [0.25, 0.3) is 0 Å². The molecule has 1 unspecified atom stereocenters. The van der Waals surface area contributed by atoms with E-state index in [-0.39, 0.29) is 5.41 Å². The molecule has 0 radical (unpaired) electrons. The third-order valence-electron chi connectivity index (χ3n) is 2.43. The molecule has 3 nitrogen and oxygen atoms in total. The fraction of sp³-hybridized carbons (Fsp3) is 0.545. The summed E-state index contributed by atoms with van der Waals surface area (Å²) in [5.41, 5.74) is 1.20. The van der Waals surface area contributed by atoms with Crippen molar-refractivity contribution in [2.75, 3.05) is 13.6 Å². The SMILES string of the molecule is C=CC(C)(CNC)Cc1ccn(C)n1. The zero-order valence-corrected chi connectivity index (χ0v) is 9.25. The van der Waals surface area contributed by atoms with Crippen molar-refractivity contribution in [2.45, 2.75) is 13.3 Å². The van der Waals surface area contributed by atoms with E-state index in [1.54, 1.807) is 0 Å². The van der Waals surface area contributed by atoms with Crippen molar-refractivity contribution in [1.29, 1.82) is 0 Å². The quantitative estimate of drug-likeness (QED) is 0.716. The fourth-order valence-electron chi connectivity index (χ4n) is 1.58. The van der Waals surface area contributed by atoms with Gasteiger partial charge in [0.15, 0.2) is 0 Å². The normalized spacial score (nSPS) is 15.1. The highest BCUT2D eigenvalue weighted by molar-refractivity contribution is 5.07. The summed E-state index contributed by atoms with van der Waals surface area (Å²) < 4.78 is 1.83. The predicted octanol–water partition coefficient (Wildman–Crippen LogP) is 1.37.